The first kappa shape index (κ1) is 20.1. The number of guanidine groups is 1. The SMILES string of the molecule is CCn1cnnc1CNC(=NC)NCC(c1ccccc1OC)N1CCCC1. The summed E-state index contributed by atoms with van der Waals surface area (Å²) in [5.74, 6) is 2.58. The molecule has 28 heavy (non-hydrogen) atoms. The molecular weight excluding hydrogens is 354 g/mol. The predicted molar refractivity (Wildman–Crippen MR) is 110 cm³/mol. The second-order valence-corrected chi connectivity index (χ2v) is 6.84. The van der Waals surface area contributed by atoms with Gasteiger partial charge in [0.1, 0.15) is 12.1 Å². The van der Waals surface area contributed by atoms with Crippen LogP contribution >= 0.6 is 0 Å². The second-order valence-electron chi connectivity index (χ2n) is 6.84. The lowest BCUT2D eigenvalue weighted by molar-refractivity contribution is 0.239. The summed E-state index contributed by atoms with van der Waals surface area (Å²) in [6, 6.07) is 8.51. The highest BCUT2D eigenvalue weighted by Gasteiger charge is 2.26. The zero-order chi connectivity index (χ0) is 19.8. The molecular formula is C20H31N7O. The minimum absolute atomic E-state index is 0.233. The van der Waals surface area contributed by atoms with Gasteiger partial charge in [-0.3, -0.25) is 9.89 Å². The molecule has 1 aromatic carbocycles. The van der Waals surface area contributed by atoms with Crippen molar-refractivity contribution in [3.8, 4) is 5.75 Å². The minimum Gasteiger partial charge on any atom is -0.496 e. The van der Waals surface area contributed by atoms with Crippen molar-refractivity contribution in [2.45, 2.75) is 38.9 Å². The van der Waals surface area contributed by atoms with Crippen LogP contribution in [0.5, 0.6) is 5.75 Å². The van der Waals surface area contributed by atoms with Crippen molar-refractivity contribution in [1.82, 2.24) is 30.3 Å². The Hall–Kier alpha value is -2.61. The summed E-state index contributed by atoms with van der Waals surface area (Å²) < 4.78 is 7.64. The molecule has 1 fully saturated rings. The fourth-order valence-corrected chi connectivity index (χ4v) is 3.69. The van der Waals surface area contributed by atoms with E-state index < -0.39 is 0 Å². The third-order valence-electron chi connectivity index (χ3n) is 5.22. The number of rotatable bonds is 8. The maximum absolute atomic E-state index is 5.62. The number of likely N-dealkylation sites (tertiary alicyclic amines) is 1. The monoisotopic (exact) mass is 385 g/mol. The molecule has 0 saturated carbocycles. The average molecular weight is 386 g/mol. The molecule has 2 aromatic rings. The number of aryl methyl sites for hydroxylation is 1. The molecule has 0 radical (unpaired) electrons. The first-order chi connectivity index (χ1) is 13.8. The third kappa shape index (κ3) is 4.81. The van der Waals surface area contributed by atoms with Crippen LogP contribution in [0.4, 0.5) is 0 Å². The van der Waals surface area contributed by atoms with E-state index in [9.17, 15) is 0 Å². The van der Waals surface area contributed by atoms with Crippen molar-refractivity contribution in [2.24, 2.45) is 4.99 Å². The van der Waals surface area contributed by atoms with Gasteiger partial charge in [-0.25, -0.2) is 0 Å². The highest BCUT2D eigenvalue weighted by Crippen LogP contribution is 2.31. The van der Waals surface area contributed by atoms with Crippen LogP contribution < -0.4 is 15.4 Å². The van der Waals surface area contributed by atoms with E-state index in [0.29, 0.717) is 6.54 Å². The van der Waals surface area contributed by atoms with Crippen molar-refractivity contribution in [1.29, 1.82) is 0 Å². The number of aliphatic imine (C=N–C) groups is 1. The molecule has 1 saturated heterocycles. The van der Waals surface area contributed by atoms with E-state index in [4.69, 9.17) is 4.74 Å². The molecule has 8 heteroatoms. The van der Waals surface area contributed by atoms with E-state index >= 15 is 0 Å². The Kier molecular flexibility index (Phi) is 7.25. The van der Waals surface area contributed by atoms with E-state index in [1.165, 1.54) is 18.4 Å². The van der Waals surface area contributed by atoms with Crippen LogP contribution in [0.1, 0.15) is 37.2 Å². The quantitative estimate of drug-likeness (QED) is 0.533. The maximum Gasteiger partial charge on any atom is 0.191 e. The molecule has 0 aliphatic carbocycles. The van der Waals surface area contributed by atoms with Gasteiger partial charge in [0.05, 0.1) is 19.7 Å². The Bertz CT molecular complexity index is 767. The molecule has 0 bridgehead atoms. The fraction of sp³-hybridized carbons (Fsp3) is 0.550. The molecule has 0 amide bonds. The smallest absolute Gasteiger partial charge is 0.191 e. The number of aromatic nitrogens is 3. The van der Waals surface area contributed by atoms with Gasteiger partial charge < -0.3 is 19.9 Å². The highest BCUT2D eigenvalue weighted by atomic mass is 16.5. The van der Waals surface area contributed by atoms with Crippen LogP contribution in [0.15, 0.2) is 35.6 Å². The van der Waals surface area contributed by atoms with Gasteiger partial charge in [0.15, 0.2) is 11.8 Å². The van der Waals surface area contributed by atoms with Gasteiger partial charge in [0.25, 0.3) is 0 Å². The van der Waals surface area contributed by atoms with Crippen molar-refractivity contribution in [3.63, 3.8) is 0 Å². The molecule has 1 aliphatic heterocycles. The standard InChI is InChI=1S/C20H31N7O/c1-4-26-15-24-25-19(26)14-23-20(21-2)22-13-17(27-11-7-8-12-27)16-9-5-6-10-18(16)28-3/h5-6,9-10,15,17H,4,7-8,11-14H2,1-3H3,(H2,21,22,23). The predicted octanol–water partition coefficient (Wildman–Crippen LogP) is 1.81. The molecule has 0 spiro atoms. The molecule has 1 aromatic heterocycles. The number of hydrogen-bond acceptors (Lipinski definition) is 5. The Morgan fingerprint density at radius 3 is 2.75 bits per heavy atom. The topological polar surface area (TPSA) is 79.6 Å². The van der Waals surface area contributed by atoms with Gasteiger partial charge in [-0.1, -0.05) is 18.2 Å². The molecule has 8 nitrogen and oxygen atoms in total. The Morgan fingerprint density at radius 1 is 1.25 bits per heavy atom. The second kappa shape index (κ2) is 10.1. The van der Waals surface area contributed by atoms with E-state index in [1.54, 1.807) is 20.5 Å². The summed E-state index contributed by atoms with van der Waals surface area (Å²) in [5, 5.41) is 15.0. The Labute approximate surface area is 167 Å². The van der Waals surface area contributed by atoms with E-state index in [-0.39, 0.29) is 6.04 Å². The number of benzene rings is 1. The van der Waals surface area contributed by atoms with Crippen molar-refractivity contribution >= 4 is 5.96 Å². The van der Waals surface area contributed by atoms with E-state index in [1.807, 2.05) is 16.7 Å². The molecule has 1 unspecified atom stereocenters. The molecule has 1 atom stereocenters. The van der Waals surface area contributed by atoms with Crippen LogP contribution in [0.3, 0.4) is 0 Å². The lowest BCUT2D eigenvalue weighted by Crippen LogP contribution is -2.42. The molecule has 1 aliphatic rings. The van der Waals surface area contributed by atoms with Crippen LogP contribution in [-0.4, -0.2) is 59.4 Å². The first-order valence-electron chi connectivity index (χ1n) is 9.95. The van der Waals surface area contributed by atoms with E-state index in [0.717, 1.165) is 43.7 Å². The lowest BCUT2D eigenvalue weighted by atomic mass is 10.0. The number of para-hydroxylation sites is 1. The summed E-state index contributed by atoms with van der Waals surface area (Å²) in [6.45, 7) is 6.47. The third-order valence-corrected chi connectivity index (χ3v) is 5.22. The average Bonchev–Trinajstić information content (AvgIpc) is 3.42. The Morgan fingerprint density at radius 2 is 2.04 bits per heavy atom. The maximum atomic E-state index is 5.62. The Balaban J connectivity index is 1.66. The molecule has 2 N–H and O–H groups in total. The van der Waals surface area contributed by atoms with Crippen LogP contribution in [-0.2, 0) is 13.1 Å². The number of ether oxygens (including phenoxy) is 1. The zero-order valence-electron chi connectivity index (χ0n) is 17.1. The number of nitrogens with zero attached hydrogens (tertiary/aromatic N) is 5. The molecule has 2 heterocycles. The number of hydrogen-bond donors (Lipinski definition) is 2. The number of nitrogens with one attached hydrogen (secondary N) is 2. The van der Waals surface area contributed by atoms with Gasteiger partial charge in [0.2, 0.25) is 0 Å². The molecule has 152 valence electrons. The highest BCUT2D eigenvalue weighted by molar-refractivity contribution is 5.79. The van der Waals surface area contributed by atoms with Gasteiger partial charge in [-0.2, -0.15) is 0 Å². The van der Waals surface area contributed by atoms with Gasteiger partial charge in [-0.15, -0.1) is 10.2 Å². The van der Waals surface area contributed by atoms with Crippen LogP contribution in [0.25, 0.3) is 0 Å². The number of methoxy groups -OCH3 is 1. The minimum atomic E-state index is 0.233. The fourth-order valence-electron chi connectivity index (χ4n) is 3.69. The summed E-state index contributed by atoms with van der Waals surface area (Å²) in [5.41, 5.74) is 1.21. The van der Waals surface area contributed by atoms with Crippen molar-refractivity contribution in [2.75, 3.05) is 33.8 Å². The van der Waals surface area contributed by atoms with Gasteiger partial charge in [-0.05, 0) is 38.9 Å². The van der Waals surface area contributed by atoms with Gasteiger partial charge >= 0.3 is 0 Å². The normalized spacial score (nSPS) is 16.2. The lowest BCUT2D eigenvalue weighted by Gasteiger charge is -2.30. The first-order valence-corrected chi connectivity index (χ1v) is 9.95. The van der Waals surface area contributed by atoms with Gasteiger partial charge in [0, 0.05) is 25.7 Å². The summed E-state index contributed by atoms with van der Waals surface area (Å²) in [7, 11) is 3.52. The summed E-state index contributed by atoms with van der Waals surface area (Å²) in [6.07, 6.45) is 4.23. The van der Waals surface area contributed by atoms with Crippen molar-refractivity contribution < 1.29 is 4.74 Å². The summed E-state index contributed by atoms with van der Waals surface area (Å²) in [4.78, 5) is 6.88. The van der Waals surface area contributed by atoms with Crippen molar-refractivity contribution in [3.05, 3.63) is 42.0 Å². The van der Waals surface area contributed by atoms with E-state index in [2.05, 4.69) is 49.8 Å². The summed E-state index contributed by atoms with van der Waals surface area (Å²) >= 11 is 0. The largest absolute Gasteiger partial charge is 0.496 e. The molecule has 3 rings (SSSR count). The van der Waals surface area contributed by atoms with Crippen LogP contribution in [0, 0.1) is 0 Å². The van der Waals surface area contributed by atoms with Crippen LogP contribution in [0.2, 0.25) is 0 Å². The zero-order valence-corrected chi connectivity index (χ0v) is 17.1.